The Bertz CT molecular complexity index is 311. The number of carboxylic acid groups (broad SMARTS) is 1. The summed E-state index contributed by atoms with van der Waals surface area (Å²) in [6, 6.07) is -0.722. The number of carboxylic acids is 1. The largest absolute Gasteiger partial charge is 0.480 e. The summed E-state index contributed by atoms with van der Waals surface area (Å²) >= 11 is 0. The molecule has 0 aliphatic heterocycles. The Morgan fingerprint density at radius 1 is 1.20 bits per heavy atom. The van der Waals surface area contributed by atoms with Gasteiger partial charge in [0.15, 0.2) is 0 Å². The molecule has 1 aliphatic rings. The lowest BCUT2D eigenvalue weighted by Gasteiger charge is -2.27. The number of rotatable bonds is 8. The first kappa shape index (κ1) is 17.0. The maximum Gasteiger partial charge on any atom is 0.326 e. The Labute approximate surface area is 122 Å². The van der Waals surface area contributed by atoms with Gasteiger partial charge in [0.25, 0.3) is 0 Å². The summed E-state index contributed by atoms with van der Waals surface area (Å²) in [5.74, 6) is -0.636. The second-order valence-corrected chi connectivity index (χ2v) is 6.08. The highest BCUT2D eigenvalue weighted by atomic mass is 16.4. The number of aliphatic carboxylic acids is 1. The first-order valence-corrected chi connectivity index (χ1v) is 8.09. The van der Waals surface area contributed by atoms with Crippen LogP contribution >= 0.6 is 0 Å². The molecule has 4 heteroatoms. The predicted octanol–water partition coefficient (Wildman–Crippen LogP) is 3.35. The van der Waals surface area contributed by atoms with Crippen LogP contribution in [-0.2, 0) is 9.59 Å². The third-order valence-electron chi connectivity index (χ3n) is 4.48. The van der Waals surface area contributed by atoms with E-state index in [0.29, 0.717) is 12.3 Å². The molecule has 0 heterocycles. The third kappa shape index (κ3) is 5.51. The van der Waals surface area contributed by atoms with E-state index in [1.807, 2.05) is 6.92 Å². The second-order valence-electron chi connectivity index (χ2n) is 6.08. The van der Waals surface area contributed by atoms with Crippen molar-refractivity contribution < 1.29 is 14.7 Å². The van der Waals surface area contributed by atoms with E-state index in [4.69, 9.17) is 0 Å². The van der Waals surface area contributed by atoms with Crippen LogP contribution in [0.2, 0.25) is 0 Å². The summed E-state index contributed by atoms with van der Waals surface area (Å²) in [5, 5.41) is 11.9. The first-order chi connectivity index (χ1) is 9.56. The summed E-state index contributed by atoms with van der Waals surface area (Å²) in [5.41, 5.74) is 0. The Hall–Kier alpha value is -1.06. The van der Waals surface area contributed by atoms with E-state index < -0.39 is 12.0 Å². The second kappa shape index (κ2) is 8.98. The standard InChI is InChI=1S/C16H29NO3/c1-3-4-6-11-14(16(19)20)17-15(18)12(2)13-9-7-5-8-10-13/h12-14H,3-11H2,1-2H3,(H,17,18)(H,19,20). The summed E-state index contributed by atoms with van der Waals surface area (Å²) in [7, 11) is 0. The van der Waals surface area contributed by atoms with Crippen LogP contribution in [0.1, 0.15) is 71.6 Å². The fraction of sp³-hybridized carbons (Fsp3) is 0.875. The van der Waals surface area contributed by atoms with Gasteiger partial charge in [-0.15, -0.1) is 0 Å². The van der Waals surface area contributed by atoms with Gasteiger partial charge in [-0.25, -0.2) is 4.79 Å². The van der Waals surface area contributed by atoms with E-state index in [9.17, 15) is 14.7 Å². The molecular formula is C16H29NO3. The van der Waals surface area contributed by atoms with Gasteiger partial charge in [-0.2, -0.15) is 0 Å². The van der Waals surface area contributed by atoms with Crippen LogP contribution in [-0.4, -0.2) is 23.0 Å². The summed E-state index contributed by atoms with van der Waals surface area (Å²) in [6.07, 6.45) is 9.31. The van der Waals surface area contributed by atoms with Crippen molar-refractivity contribution in [3.05, 3.63) is 0 Å². The quantitative estimate of drug-likeness (QED) is 0.671. The lowest BCUT2D eigenvalue weighted by molar-refractivity contribution is -0.143. The zero-order chi connectivity index (χ0) is 15.0. The van der Waals surface area contributed by atoms with Crippen molar-refractivity contribution in [2.24, 2.45) is 11.8 Å². The number of amides is 1. The SMILES string of the molecule is CCCCCC(NC(=O)C(C)C1CCCCC1)C(=O)O. The van der Waals surface area contributed by atoms with Gasteiger partial charge in [0, 0.05) is 5.92 Å². The van der Waals surface area contributed by atoms with Crippen LogP contribution in [0.15, 0.2) is 0 Å². The number of hydrogen-bond donors (Lipinski definition) is 2. The fourth-order valence-corrected chi connectivity index (χ4v) is 3.01. The average molecular weight is 283 g/mol. The van der Waals surface area contributed by atoms with Gasteiger partial charge >= 0.3 is 5.97 Å². The van der Waals surface area contributed by atoms with Crippen molar-refractivity contribution in [1.29, 1.82) is 0 Å². The number of unbranched alkanes of at least 4 members (excludes halogenated alkanes) is 2. The smallest absolute Gasteiger partial charge is 0.326 e. The van der Waals surface area contributed by atoms with Gasteiger partial charge in [-0.3, -0.25) is 4.79 Å². The van der Waals surface area contributed by atoms with E-state index in [-0.39, 0.29) is 11.8 Å². The van der Waals surface area contributed by atoms with Gasteiger partial charge in [0.2, 0.25) is 5.91 Å². The van der Waals surface area contributed by atoms with Crippen molar-refractivity contribution in [2.75, 3.05) is 0 Å². The summed E-state index contributed by atoms with van der Waals surface area (Å²) in [6.45, 7) is 4.02. The molecule has 0 aromatic rings. The maximum atomic E-state index is 12.2. The van der Waals surface area contributed by atoms with Gasteiger partial charge in [-0.1, -0.05) is 52.4 Å². The molecule has 2 N–H and O–H groups in total. The van der Waals surface area contributed by atoms with Crippen LogP contribution in [0.5, 0.6) is 0 Å². The molecule has 2 unspecified atom stereocenters. The molecule has 0 aromatic carbocycles. The predicted molar refractivity (Wildman–Crippen MR) is 79.4 cm³/mol. The van der Waals surface area contributed by atoms with E-state index in [1.165, 1.54) is 19.3 Å². The fourth-order valence-electron chi connectivity index (χ4n) is 3.01. The zero-order valence-corrected chi connectivity index (χ0v) is 12.9. The monoisotopic (exact) mass is 283 g/mol. The van der Waals surface area contributed by atoms with Crippen LogP contribution in [0, 0.1) is 11.8 Å². The summed E-state index contributed by atoms with van der Waals surface area (Å²) < 4.78 is 0. The molecule has 0 saturated heterocycles. The molecule has 1 fully saturated rings. The van der Waals surface area contributed by atoms with Gasteiger partial charge in [0.05, 0.1) is 0 Å². The number of nitrogens with one attached hydrogen (secondary N) is 1. The molecule has 1 amide bonds. The Kier molecular flexibility index (Phi) is 7.63. The Morgan fingerprint density at radius 2 is 1.85 bits per heavy atom. The minimum absolute atomic E-state index is 0.0664. The Morgan fingerprint density at radius 3 is 2.40 bits per heavy atom. The molecule has 1 aliphatic carbocycles. The highest BCUT2D eigenvalue weighted by Crippen LogP contribution is 2.30. The minimum atomic E-state index is -0.912. The van der Waals surface area contributed by atoms with Gasteiger partial charge in [-0.05, 0) is 25.2 Å². The van der Waals surface area contributed by atoms with Crippen molar-refractivity contribution in [3.8, 4) is 0 Å². The van der Waals surface area contributed by atoms with Crippen molar-refractivity contribution in [2.45, 2.75) is 77.7 Å². The highest BCUT2D eigenvalue weighted by Gasteiger charge is 2.28. The van der Waals surface area contributed by atoms with E-state index >= 15 is 0 Å². The zero-order valence-electron chi connectivity index (χ0n) is 12.9. The topological polar surface area (TPSA) is 66.4 Å². The molecule has 1 saturated carbocycles. The molecule has 116 valence electrons. The molecule has 0 bridgehead atoms. The van der Waals surface area contributed by atoms with Crippen LogP contribution < -0.4 is 5.32 Å². The Balaban J connectivity index is 2.45. The number of carbonyl (C=O) groups excluding carboxylic acids is 1. The van der Waals surface area contributed by atoms with Gasteiger partial charge in [0.1, 0.15) is 6.04 Å². The lowest BCUT2D eigenvalue weighted by Crippen LogP contribution is -2.44. The van der Waals surface area contributed by atoms with Crippen molar-refractivity contribution >= 4 is 11.9 Å². The molecule has 20 heavy (non-hydrogen) atoms. The number of hydrogen-bond acceptors (Lipinski definition) is 2. The normalized spacial score (nSPS) is 19.3. The molecule has 4 nitrogen and oxygen atoms in total. The van der Waals surface area contributed by atoms with E-state index in [2.05, 4.69) is 12.2 Å². The highest BCUT2D eigenvalue weighted by molar-refractivity contribution is 5.84. The van der Waals surface area contributed by atoms with E-state index in [1.54, 1.807) is 0 Å². The first-order valence-electron chi connectivity index (χ1n) is 8.09. The minimum Gasteiger partial charge on any atom is -0.480 e. The molecule has 0 radical (unpaired) electrons. The third-order valence-corrected chi connectivity index (χ3v) is 4.48. The maximum absolute atomic E-state index is 12.2. The average Bonchev–Trinajstić information content (AvgIpc) is 2.46. The van der Waals surface area contributed by atoms with Crippen LogP contribution in [0.25, 0.3) is 0 Å². The molecule has 0 aromatic heterocycles. The molecule has 0 spiro atoms. The van der Waals surface area contributed by atoms with Crippen molar-refractivity contribution in [3.63, 3.8) is 0 Å². The van der Waals surface area contributed by atoms with Crippen LogP contribution in [0.4, 0.5) is 0 Å². The van der Waals surface area contributed by atoms with Crippen molar-refractivity contribution in [1.82, 2.24) is 5.32 Å². The van der Waals surface area contributed by atoms with Crippen LogP contribution in [0.3, 0.4) is 0 Å². The number of carbonyl (C=O) groups is 2. The molecule has 2 atom stereocenters. The molecular weight excluding hydrogens is 254 g/mol. The lowest BCUT2D eigenvalue weighted by atomic mass is 9.80. The summed E-state index contributed by atoms with van der Waals surface area (Å²) in [4.78, 5) is 23.4. The molecule has 1 rings (SSSR count). The van der Waals surface area contributed by atoms with Gasteiger partial charge < -0.3 is 10.4 Å². The van der Waals surface area contributed by atoms with E-state index in [0.717, 1.165) is 32.1 Å².